The van der Waals surface area contributed by atoms with Crippen molar-refractivity contribution in [2.75, 3.05) is 40.3 Å². The fourth-order valence-corrected chi connectivity index (χ4v) is 2.58. The van der Waals surface area contributed by atoms with Crippen molar-refractivity contribution in [2.45, 2.75) is 53.4 Å². The Morgan fingerprint density at radius 2 is 1.05 bits per heavy atom. The van der Waals surface area contributed by atoms with E-state index in [0.29, 0.717) is 0 Å². The molecule has 4 heteroatoms. The zero-order chi connectivity index (χ0) is 14.0. The molecule has 0 aliphatic carbocycles. The molecule has 0 spiro atoms. The van der Waals surface area contributed by atoms with Crippen LogP contribution in [0.2, 0.25) is 0 Å². The van der Waals surface area contributed by atoms with Crippen molar-refractivity contribution in [3.8, 4) is 0 Å². The van der Waals surface area contributed by atoms with E-state index in [4.69, 9.17) is 0 Å². The maximum atomic E-state index is 2.33. The van der Waals surface area contributed by atoms with Crippen molar-refractivity contribution in [1.82, 2.24) is 0 Å². The Balaban J connectivity index is -0.000000215. The number of likely N-dealkylation sites (tertiary alicyclic amines) is 2. The first kappa shape index (κ1) is 24.8. The molecule has 4 atom stereocenters. The molecule has 2 rings (SSSR count). The minimum absolute atomic E-state index is 0. The van der Waals surface area contributed by atoms with Crippen LogP contribution in [0.1, 0.15) is 53.4 Å². The van der Waals surface area contributed by atoms with Crippen molar-refractivity contribution >= 4 is 0 Å². The quantitative estimate of drug-likeness (QED) is 0.740. The molecule has 0 amide bonds. The fourth-order valence-electron chi connectivity index (χ4n) is 2.58. The number of hydrogen-bond donors (Lipinski definition) is 2. The van der Waals surface area contributed by atoms with Crippen LogP contribution in [-0.2, 0) is 0 Å². The predicted octanol–water partition coefficient (Wildman–Crippen LogP) is 0.535. The summed E-state index contributed by atoms with van der Waals surface area (Å²) in [5.41, 5.74) is 0. The molecule has 0 bridgehead atoms. The van der Waals surface area contributed by atoms with Crippen LogP contribution >= 0.6 is 0 Å². The van der Waals surface area contributed by atoms with Crippen molar-refractivity contribution in [3.63, 3.8) is 0 Å². The van der Waals surface area contributed by atoms with Gasteiger partial charge in [0.2, 0.25) is 0 Å². The molecule has 2 heterocycles. The molecule has 2 aliphatic rings. The second-order valence-corrected chi connectivity index (χ2v) is 6.61. The third-order valence-electron chi connectivity index (χ3n) is 4.02. The molecular formula is C16H40N2O2. The van der Waals surface area contributed by atoms with E-state index in [9.17, 15) is 0 Å². The Kier molecular flexibility index (Phi) is 18.9. The Bertz CT molecular complexity index is 155. The van der Waals surface area contributed by atoms with E-state index in [1.54, 1.807) is 9.80 Å². The van der Waals surface area contributed by atoms with Gasteiger partial charge in [-0.15, -0.1) is 0 Å². The van der Waals surface area contributed by atoms with Gasteiger partial charge in [-0.3, -0.25) is 0 Å². The molecule has 20 heavy (non-hydrogen) atoms. The van der Waals surface area contributed by atoms with Gasteiger partial charge in [-0.05, 0) is 0 Å². The van der Waals surface area contributed by atoms with Crippen LogP contribution in [0.25, 0.3) is 0 Å². The highest BCUT2D eigenvalue weighted by atomic mass is 16.0. The van der Waals surface area contributed by atoms with Crippen LogP contribution in [0, 0.1) is 11.8 Å². The van der Waals surface area contributed by atoms with Gasteiger partial charge in [0.05, 0.1) is 40.3 Å². The maximum Gasteiger partial charge on any atom is 0.0797 e. The first-order valence-corrected chi connectivity index (χ1v) is 8.12. The lowest BCUT2D eigenvalue weighted by atomic mass is 10.2. The summed E-state index contributed by atoms with van der Waals surface area (Å²) in [6, 6.07) is 0. The highest BCUT2D eigenvalue weighted by Crippen LogP contribution is 1.99. The Morgan fingerprint density at radius 3 is 1.10 bits per heavy atom. The first-order chi connectivity index (χ1) is 8.49. The lowest BCUT2D eigenvalue weighted by Crippen LogP contribution is -3.07. The first-order valence-electron chi connectivity index (χ1n) is 8.12. The van der Waals surface area contributed by atoms with Crippen LogP contribution in [0.5, 0.6) is 0 Å². The van der Waals surface area contributed by atoms with Gasteiger partial charge in [-0.2, -0.15) is 0 Å². The normalized spacial score (nSPS) is 30.9. The second kappa shape index (κ2) is 15.2. The maximum absolute atomic E-state index is 2.33. The highest BCUT2D eigenvalue weighted by Gasteiger charge is 2.17. The van der Waals surface area contributed by atoms with E-state index < -0.39 is 0 Å². The molecule has 0 aromatic rings. The monoisotopic (exact) mass is 292 g/mol. The summed E-state index contributed by atoms with van der Waals surface area (Å²) in [6.45, 7) is 14.6. The van der Waals surface area contributed by atoms with E-state index in [2.05, 4.69) is 41.8 Å². The van der Waals surface area contributed by atoms with E-state index in [1.807, 2.05) is 0 Å². The summed E-state index contributed by atoms with van der Waals surface area (Å²) in [5.74, 6) is 1.97. The van der Waals surface area contributed by atoms with E-state index >= 15 is 0 Å². The predicted molar refractivity (Wildman–Crippen MR) is 85.3 cm³/mol. The molecule has 4 unspecified atom stereocenters. The minimum atomic E-state index is 0. The number of hydrogen-bond acceptors (Lipinski definition) is 2. The molecule has 2 saturated heterocycles. The Hall–Kier alpha value is -0.160. The van der Waals surface area contributed by atoms with Gasteiger partial charge in [0.15, 0.2) is 0 Å². The van der Waals surface area contributed by atoms with Gasteiger partial charge < -0.3 is 20.8 Å². The largest absolute Gasteiger partial charge is 0.870 e. The highest BCUT2D eigenvalue weighted by molar-refractivity contribution is 4.53. The van der Waals surface area contributed by atoms with Gasteiger partial charge in [0.25, 0.3) is 0 Å². The Labute approximate surface area is 127 Å². The SMILES string of the molecule is CC1CC[NH+](C)C1.CC1CC[NH+](C)C1.CCCC.[OH-].[OH-]. The topological polar surface area (TPSA) is 68.9 Å². The van der Waals surface area contributed by atoms with Gasteiger partial charge in [-0.1, -0.05) is 40.5 Å². The van der Waals surface area contributed by atoms with Crippen LogP contribution in [0.3, 0.4) is 0 Å². The van der Waals surface area contributed by atoms with Crippen LogP contribution in [0.4, 0.5) is 0 Å². The summed E-state index contributed by atoms with van der Waals surface area (Å²) in [4.78, 5) is 3.40. The molecule has 4 N–H and O–H groups in total. The van der Waals surface area contributed by atoms with Crippen molar-refractivity contribution in [3.05, 3.63) is 0 Å². The molecule has 2 aliphatic heterocycles. The smallest absolute Gasteiger partial charge is 0.0797 e. The minimum Gasteiger partial charge on any atom is -0.870 e. The van der Waals surface area contributed by atoms with Crippen LogP contribution in [0.15, 0.2) is 0 Å². The standard InChI is InChI=1S/2C6H13N.C4H10.2H2O/c2*1-6-3-4-7(2)5-6;1-3-4-2;;/h2*6H,3-5H2,1-2H3;3-4H2,1-2H3;2*1H2. The zero-order valence-electron chi connectivity index (χ0n) is 14.7. The summed E-state index contributed by atoms with van der Waals surface area (Å²) in [7, 11) is 4.53. The van der Waals surface area contributed by atoms with Gasteiger partial charge in [-0.25, -0.2) is 0 Å². The lowest BCUT2D eigenvalue weighted by Gasteiger charge is -2.00. The lowest BCUT2D eigenvalue weighted by molar-refractivity contribution is -0.867. The van der Waals surface area contributed by atoms with Gasteiger partial charge in [0.1, 0.15) is 0 Å². The van der Waals surface area contributed by atoms with Crippen molar-refractivity contribution in [2.24, 2.45) is 11.8 Å². The number of unbranched alkanes of at least 4 members (excludes halogenated alkanes) is 1. The molecule has 0 aromatic heterocycles. The van der Waals surface area contributed by atoms with Crippen LogP contribution in [-0.4, -0.2) is 51.2 Å². The van der Waals surface area contributed by atoms with Crippen molar-refractivity contribution < 1.29 is 20.8 Å². The summed E-state index contributed by atoms with van der Waals surface area (Å²) < 4.78 is 0. The number of nitrogens with one attached hydrogen (secondary N) is 2. The second-order valence-electron chi connectivity index (χ2n) is 6.61. The molecule has 4 nitrogen and oxygen atoms in total. The van der Waals surface area contributed by atoms with E-state index in [-0.39, 0.29) is 11.0 Å². The molecule has 0 saturated carbocycles. The van der Waals surface area contributed by atoms with Gasteiger partial charge in [0, 0.05) is 24.7 Å². The van der Waals surface area contributed by atoms with E-state index in [0.717, 1.165) is 11.8 Å². The summed E-state index contributed by atoms with van der Waals surface area (Å²) in [5, 5.41) is 0. The third-order valence-corrected chi connectivity index (χ3v) is 4.02. The average Bonchev–Trinajstić information content (AvgIpc) is 2.88. The molecular weight excluding hydrogens is 252 g/mol. The third kappa shape index (κ3) is 14.3. The number of quaternary nitrogens is 2. The fraction of sp³-hybridized carbons (Fsp3) is 1.00. The molecule has 0 radical (unpaired) electrons. The summed E-state index contributed by atoms with van der Waals surface area (Å²) in [6.07, 6.45) is 5.51. The molecule has 2 fully saturated rings. The van der Waals surface area contributed by atoms with E-state index in [1.165, 1.54) is 51.9 Å². The van der Waals surface area contributed by atoms with Crippen LogP contribution < -0.4 is 9.80 Å². The zero-order valence-corrected chi connectivity index (χ0v) is 14.7. The Morgan fingerprint density at radius 1 is 0.750 bits per heavy atom. The summed E-state index contributed by atoms with van der Waals surface area (Å²) >= 11 is 0. The molecule has 126 valence electrons. The van der Waals surface area contributed by atoms with Gasteiger partial charge >= 0.3 is 0 Å². The number of rotatable bonds is 1. The molecule has 0 aromatic carbocycles. The average molecular weight is 293 g/mol. The van der Waals surface area contributed by atoms with Crippen molar-refractivity contribution in [1.29, 1.82) is 0 Å².